The molecule has 21 heavy (non-hydrogen) atoms. The summed E-state index contributed by atoms with van der Waals surface area (Å²) in [7, 11) is 4.35. The van der Waals surface area contributed by atoms with Crippen LogP contribution in [0.1, 0.15) is 44.7 Å². The van der Waals surface area contributed by atoms with E-state index in [1.54, 1.807) is 0 Å². The Balaban J connectivity index is 2.26. The van der Waals surface area contributed by atoms with Crippen LogP contribution in [0.3, 0.4) is 0 Å². The summed E-state index contributed by atoms with van der Waals surface area (Å²) >= 11 is 0. The summed E-state index contributed by atoms with van der Waals surface area (Å²) in [6.07, 6.45) is 3.76. The average molecular weight is 289 g/mol. The van der Waals surface area contributed by atoms with Gasteiger partial charge in [-0.3, -0.25) is 0 Å². The lowest BCUT2D eigenvalue weighted by Crippen LogP contribution is -2.38. The molecule has 1 aromatic rings. The number of rotatable bonds is 7. The molecule has 3 heteroatoms. The van der Waals surface area contributed by atoms with Crippen LogP contribution in [0.4, 0.5) is 5.69 Å². The van der Waals surface area contributed by atoms with Gasteiger partial charge in [-0.05, 0) is 51.5 Å². The zero-order chi connectivity index (χ0) is 15.2. The first-order valence-electron chi connectivity index (χ1n) is 8.41. The second kappa shape index (κ2) is 7.81. The van der Waals surface area contributed by atoms with Gasteiger partial charge in [0.1, 0.15) is 0 Å². The van der Waals surface area contributed by atoms with E-state index in [9.17, 15) is 0 Å². The minimum Gasteiger partial charge on any atom is -0.367 e. The van der Waals surface area contributed by atoms with Crippen LogP contribution in [-0.2, 0) is 0 Å². The van der Waals surface area contributed by atoms with Crippen LogP contribution in [0.2, 0.25) is 0 Å². The van der Waals surface area contributed by atoms with Gasteiger partial charge in [0.05, 0.1) is 0 Å². The summed E-state index contributed by atoms with van der Waals surface area (Å²) in [4.78, 5) is 4.95. The highest BCUT2D eigenvalue weighted by Gasteiger charge is 2.27. The Labute approximate surface area is 130 Å². The van der Waals surface area contributed by atoms with Gasteiger partial charge in [0.2, 0.25) is 0 Å². The zero-order valence-corrected chi connectivity index (χ0v) is 14.1. The molecule has 2 atom stereocenters. The van der Waals surface area contributed by atoms with Crippen molar-refractivity contribution in [3.63, 3.8) is 0 Å². The van der Waals surface area contributed by atoms with Crippen molar-refractivity contribution in [3.8, 4) is 0 Å². The van der Waals surface area contributed by atoms with Crippen molar-refractivity contribution in [2.75, 3.05) is 38.6 Å². The second-order valence-corrected chi connectivity index (χ2v) is 6.33. The fourth-order valence-electron chi connectivity index (χ4n) is 3.53. The minimum atomic E-state index is 0.465. The Morgan fingerprint density at radius 3 is 2.71 bits per heavy atom. The number of nitrogens with zero attached hydrogens (tertiary/aromatic N) is 2. The van der Waals surface area contributed by atoms with Crippen LogP contribution in [-0.4, -0.2) is 44.7 Å². The summed E-state index contributed by atoms with van der Waals surface area (Å²) in [5, 5.41) is 3.63. The first-order valence-corrected chi connectivity index (χ1v) is 8.41. The number of anilines is 1. The Kier molecular flexibility index (Phi) is 6.07. The first kappa shape index (κ1) is 16.3. The van der Waals surface area contributed by atoms with E-state index in [0.717, 1.165) is 19.5 Å². The van der Waals surface area contributed by atoms with Crippen molar-refractivity contribution in [1.82, 2.24) is 10.2 Å². The molecule has 1 N–H and O–H groups in total. The molecule has 1 saturated heterocycles. The molecule has 1 heterocycles. The molecule has 3 nitrogen and oxygen atoms in total. The SMILES string of the molecule is CCNC(CC)c1ccccc1N1CCCC1CN(C)C. The van der Waals surface area contributed by atoms with Crippen molar-refractivity contribution in [2.45, 2.75) is 45.2 Å². The molecule has 0 radical (unpaired) electrons. The Hall–Kier alpha value is -1.06. The molecule has 2 rings (SSSR count). The molecule has 1 aliphatic heterocycles. The molecule has 1 fully saturated rings. The molecule has 1 aromatic carbocycles. The molecular weight excluding hydrogens is 258 g/mol. The van der Waals surface area contributed by atoms with Crippen molar-refractivity contribution in [1.29, 1.82) is 0 Å². The van der Waals surface area contributed by atoms with Gasteiger partial charge < -0.3 is 15.1 Å². The molecule has 0 aliphatic carbocycles. The lowest BCUT2D eigenvalue weighted by Gasteiger charge is -2.32. The Morgan fingerprint density at radius 1 is 1.29 bits per heavy atom. The highest BCUT2D eigenvalue weighted by molar-refractivity contribution is 5.56. The molecule has 0 spiro atoms. The van der Waals surface area contributed by atoms with Crippen molar-refractivity contribution in [2.24, 2.45) is 0 Å². The normalized spacial score (nSPS) is 20.2. The van der Waals surface area contributed by atoms with Crippen LogP contribution in [0.25, 0.3) is 0 Å². The summed E-state index contributed by atoms with van der Waals surface area (Å²) in [6.45, 7) is 7.82. The van der Waals surface area contributed by atoms with Crippen LogP contribution >= 0.6 is 0 Å². The lowest BCUT2D eigenvalue weighted by molar-refractivity contribution is 0.371. The number of para-hydroxylation sites is 1. The molecular formula is C18H31N3. The molecule has 0 bridgehead atoms. The molecule has 118 valence electrons. The second-order valence-electron chi connectivity index (χ2n) is 6.33. The van der Waals surface area contributed by atoms with Crippen LogP contribution in [0.15, 0.2) is 24.3 Å². The van der Waals surface area contributed by atoms with Gasteiger partial charge in [-0.2, -0.15) is 0 Å². The standard InChI is InChI=1S/C18H31N3/c1-5-17(19-6-2)16-11-7-8-12-18(16)21-13-9-10-15(21)14-20(3)4/h7-8,11-12,15,17,19H,5-6,9-10,13-14H2,1-4H3. The predicted octanol–water partition coefficient (Wildman–Crippen LogP) is 3.28. The van der Waals surface area contributed by atoms with E-state index in [1.165, 1.54) is 30.6 Å². The van der Waals surface area contributed by atoms with Crippen LogP contribution in [0.5, 0.6) is 0 Å². The summed E-state index contributed by atoms with van der Waals surface area (Å²) in [5.41, 5.74) is 2.90. The van der Waals surface area contributed by atoms with Crippen molar-refractivity contribution < 1.29 is 0 Å². The monoisotopic (exact) mass is 289 g/mol. The number of hydrogen-bond acceptors (Lipinski definition) is 3. The topological polar surface area (TPSA) is 18.5 Å². The van der Waals surface area contributed by atoms with Gasteiger partial charge in [0, 0.05) is 30.9 Å². The lowest BCUT2D eigenvalue weighted by atomic mass is 10.0. The maximum Gasteiger partial charge on any atom is 0.0417 e. The number of likely N-dealkylation sites (N-methyl/N-ethyl adjacent to an activating group) is 1. The third kappa shape index (κ3) is 3.98. The molecule has 0 amide bonds. The van der Waals surface area contributed by atoms with Crippen LogP contribution in [0, 0.1) is 0 Å². The molecule has 0 aromatic heterocycles. The van der Waals surface area contributed by atoms with Gasteiger partial charge in [-0.15, -0.1) is 0 Å². The summed E-state index contributed by atoms with van der Waals surface area (Å²) in [5.74, 6) is 0. The maximum absolute atomic E-state index is 3.63. The Bertz CT molecular complexity index is 430. The smallest absolute Gasteiger partial charge is 0.0417 e. The fraction of sp³-hybridized carbons (Fsp3) is 0.667. The minimum absolute atomic E-state index is 0.465. The highest BCUT2D eigenvalue weighted by Crippen LogP contribution is 2.33. The predicted molar refractivity (Wildman–Crippen MR) is 92.1 cm³/mol. The molecule has 1 aliphatic rings. The quantitative estimate of drug-likeness (QED) is 0.831. The third-order valence-electron chi connectivity index (χ3n) is 4.43. The Morgan fingerprint density at radius 2 is 2.05 bits per heavy atom. The van der Waals surface area contributed by atoms with E-state index < -0.39 is 0 Å². The van der Waals surface area contributed by atoms with Crippen molar-refractivity contribution in [3.05, 3.63) is 29.8 Å². The van der Waals surface area contributed by atoms with Gasteiger partial charge >= 0.3 is 0 Å². The van der Waals surface area contributed by atoms with Gasteiger partial charge in [0.15, 0.2) is 0 Å². The summed E-state index contributed by atoms with van der Waals surface area (Å²) in [6, 6.07) is 10.1. The largest absolute Gasteiger partial charge is 0.367 e. The molecule has 0 saturated carbocycles. The van der Waals surface area contributed by atoms with E-state index in [-0.39, 0.29) is 0 Å². The van der Waals surface area contributed by atoms with E-state index in [1.807, 2.05) is 0 Å². The number of nitrogens with one attached hydrogen (secondary N) is 1. The van der Waals surface area contributed by atoms with E-state index in [0.29, 0.717) is 12.1 Å². The fourth-order valence-corrected chi connectivity index (χ4v) is 3.53. The molecule has 2 unspecified atom stereocenters. The first-order chi connectivity index (χ1) is 10.2. The number of hydrogen-bond donors (Lipinski definition) is 1. The van der Waals surface area contributed by atoms with Gasteiger partial charge in [-0.1, -0.05) is 32.0 Å². The maximum atomic E-state index is 3.63. The van der Waals surface area contributed by atoms with E-state index in [2.05, 4.69) is 67.3 Å². The highest BCUT2D eigenvalue weighted by atomic mass is 15.2. The van der Waals surface area contributed by atoms with Crippen molar-refractivity contribution >= 4 is 5.69 Å². The van der Waals surface area contributed by atoms with Gasteiger partial charge in [0.25, 0.3) is 0 Å². The summed E-state index contributed by atoms with van der Waals surface area (Å²) < 4.78 is 0. The average Bonchev–Trinajstić information content (AvgIpc) is 2.92. The van der Waals surface area contributed by atoms with E-state index >= 15 is 0 Å². The third-order valence-corrected chi connectivity index (χ3v) is 4.43. The number of benzene rings is 1. The zero-order valence-electron chi connectivity index (χ0n) is 14.1. The van der Waals surface area contributed by atoms with Gasteiger partial charge in [-0.25, -0.2) is 0 Å². The van der Waals surface area contributed by atoms with E-state index in [4.69, 9.17) is 0 Å². The van der Waals surface area contributed by atoms with Crippen LogP contribution < -0.4 is 10.2 Å².